The normalized spacial score (nSPS) is 43.8. The first-order valence-corrected chi connectivity index (χ1v) is 45.9. The van der Waals surface area contributed by atoms with E-state index in [4.69, 9.17) is 31.9 Å². The molecule has 0 aromatic carbocycles. The van der Waals surface area contributed by atoms with Gasteiger partial charge in [0.25, 0.3) is 0 Å². The van der Waals surface area contributed by atoms with Crippen LogP contribution in [0.15, 0.2) is 0 Å². The predicted octanol–water partition coefficient (Wildman–Crippen LogP) is 27.3. The molecule has 0 aliphatic heterocycles. The molecule has 12 aliphatic rings. The van der Waals surface area contributed by atoms with Crippen molar-refractivity contribution in [3.05, 3.63) is 0 Å². The zero-order chi connectivity index (χ0) is 63.2. The Morgan fingerprint density at radius 2 is 0.435 bits per heavy atom. The minimum Gasteiger partial charge on any atom is -0.294 e. The molecule has 4 heteroatoms. The smallest absolute Gasteiger partial charge is 0.0191 e. The minimum absolute atomic E-state index is 0.723. The maximum atomic E-state index is 4.81. The summed E-state index contributed by atoms with van der Waals surface area (Å²) in [5.41, 5.74) is 0. The second kappa shape index (κ2) is 37.2. The second-order valence-electron chi connectivity index (χ2n) is 37.3. The van der Waals surface area contributed by atoms with Crippen LogP contribution >= 0.6 is 31.9 Å². The summed E-state index contributed by atoms with van der Waals surface area (Å²) in [6, 6.07) is 5.04. The highest BCUT2D eigenvalue weighted by Gasteiger charge is 2.62. The van der Waals surface area contributed by atoms with E-state index in [1.165, 1.54) is 205 Å². The van der Waals surface area contributed by atoms with Crippen LogP contribution in [0, 0.1) is 107 Å². The number of hydrogen-bond acceptors (Lipinski definition) is 2. The van der Waals surface area contributed by atoms with Crippen LogP contribution in [0.4, 0.5) is 0 Å². The van der Waals surface area contributed by atoms with E-state index in [0.29, 0.717) is 0 Å². The molecule has 12 saturated carbocycles. The molecule has 0 spiro atoms. The van der Waals surface area contributed by atoms with Crippen LogP contribution in [0.5, 0.6) is 0 Å². The Hall–Kier alpha value is 0.880. The van der Waals surface area contributed by atoms with Gasteiger partial charge in [0, 0.05) is 45.9 Å². The van der Waals surface area contributed by atoms with Crippen LogP contribution in [0.25, 0.3) is 0 Å². The molecule has 0 aromatic rings. The highest BCUT2D eigenvalue weighted by atomic mass is 79.9. The largest absolute Gasteiger partial charge is 0.294 e. The highest BCUT2D eigenvalue weighted by Crippen LogP contribution is 2.65. The van der Waals surface area contributed by atoms with Crippen molar-refractivity contribution in [3.63, 3.8) is 0 Å². The minimum atomic E-state index is 0.723. The predicted molar refractivity (Wildman–Crippen MR) is 405 cm³/mol. The zero-order valence-electron chi connectivity index (χ0n) is 61.7. The Labute approximate surface area is 590 Å². The quantitative estimate of drug-likeness (QED) is 0.0522. The Balaban J connectivity index is 0.748. The van der Waals surface area contributed by atoms with Gasteiger partial charge in [-0.3, -0.25) is 9.80 Å². The number of alkyl halides is 2. The molecule has 10 atom stereocenters. The van der Waals surface area contributed by atoms with Crippen LogP contribution in [-0.2, 0) is 0 Å². The molecule has 12 fully saturated rings. The van der Waals surface area contributed by atoms with E-state index >= 15 is 0 Å². The van der Waals surface area contributed by atoms with Gasteiger partial charge < -0.3 is 0 Å². The average molecular weight is 1400 g/mol. The van der Waals surface area contributed by atoms with Crippen molar-refractivity contribution >= 4 is 31.9 Å². The van der Waals surface area contributed by atoms with Gasteiger partial charge in [-0.1, -0.05) is 239 Å². The van der Waals surface area contributed by atoms with E-state index < -0.39 is 0 Å². The van der Waals surface area contributed by atoms with Gasteiger partial charge in [0.15, 0.2) is 0 Å². The van der Waals surface area contributed by atoms with Crippen molar-refractivity contribution in [1.29, 1.82) is 0 Å². The molecule has 0 heterocycles. The van der Waals surface area contributed by atoms with Gasteiger partial charge in [-0.25, -0.2) is 0 Å². The highest BCUT2D eigenvalue weighted by molar-refractivity contribution is 9.09. The topological polar surface area (TPSA) is 6.48 Å². The molecule has 12 aliphatic carbocycles. The van der Waals surface area contributed by atoms with E-state index in [2.05, 4.69) is 37.5 Å². The van der Waals surface area contributed by atoms with Crippen molar-refractivity contribution < 1.29 is 0 Å². The Morgan fingerprint density at radius 3 is 0.652 bits per heavy atom. The van der Waals surface area contributed by atoms with Crippen molar-refractivity contribution in [2.75, 3.05) is 0 Å². The van der Waals surface area contributed by atoms with Gasteiger partial charge in [-0.2, -0.15) is 0 Å². The first kappa shape index (κ1) is 72.7. The molecule has 92 heavy (non-hydrogen) atoms. The SMILES string of the molecule is CCCCCCC1CCC(C2CCC(N(C3CCC(C4CCC(CCCCCC)CC4)CC3)C3CC(Br)C4CCC5C6C(CCC3C46)C(Br)CC5N(C3CCC(C4CCC(CCCCCC)CC4)CC3)C3CCC(C4CCC(CCCCCC)CC4)CC3)CC2)CC1. The van der Waals surface area contributed by atoms with Gasteiger partial charge in [-0.05, 0) is 299 Å². The van der Waals surface area contributed by atoms with Crippen molar-refractivity contribution in [2.24, 2.45) is 107 Å². The average Bonchev–Trinajstić information content (AvgIpc) is 0.716. The molecule has 12 rings (SSSR count). The Kier molecular flexibility index (Phi) is 29.4. The van der Waals surface area contributed by atoms with Gasteiger partial charge in [0.1, 0.15) is 0 Å². The summed E-state index contributed by atoms with van der Waals surface area (Å²) < 4.78 is 0. The monoisotopic (exact) mass is 1400 g/mol. The van der Waals surface area contributed by atoms with Crippen LogP contribution < -0.4 is 0 Å². The zero-order valence-corrected chi connectivity index (χ0v) is 64.8. The van der Waals surface area contributed by atoms with Crippen LogP contribution in [0.3, 0.4) is 0 Å². The lowest BCUT2D eigenvalue weighted by Crippen LogP contribution is -2.67. The maximum absolute atomic E-state index is 4.81. The van der Waals surface area contributed by atoms with Crippen LogP contribution in [-0.4, -0.2) is 55.7 Å². The van der Waals surface area contributed by atoms with E-state index in [-0.39, 0.29) is 0 Å². The van der Waals surface area contributed by atoms with Crippen molar-refractivity contribution in [3.8, 4) is 0 Å². The number of unbranched alkanes of at least 4 members (excludes halogenated alkanes) is 12. The first-order chi connectivity index (χ1) is 45.3. The first-order valence-electron chi connectivity index (χ1n) is 44.1. The third-order valence-corrected chi connectivity index (χ3v) is 34.6. The van der Waals surface area contributed by atoms with Gasteiger partial charge in [0.2, 0.25) is 0 Å². The van der Waals surface area contributed by atoms with E-state index in [1.54, 1.807) is 167 Å². The summed E-state index contributed by atoms with van der Waals surface area (Å²) in [6.45, 7) is 9.54. The fourth-order valence-corrected chi connectivity index (χ4v) is 29.3. The number of hydrogen-bond donors (Lipinski definition) is 0. The third kappa shape index (κ3) is 18.6. The third-order valence-electron chi connectivity index (χ3n) is 32.5. The van der Waals surface area contributed by atoms with E-state index in [9.17, 15) is 0 Å². The molecular weight excluding hydrogens is 1240 g/mol. The lowest BCUT2D eigenvalue weighted by molar-refractivity contribution is -0.146. The van der Waals surface area contributed by atoms with Crippen molar-refractivity contribution in [2.45, 2.75) is 446 Å². The van der Waals surface area contributed by atoms with Crippen LogP contribution in [0.2, 0.25) is 0 Å². The van der Waals surface area contributed by atoms with Gasteiger partial charge in [0.05, 0.1) is 0 Å². The van der Waals surface area contributed by atoms with Gasteiger partial charge >= 0.3 is 0 Å². The Bertz CT molecular complexity index is 1750. The number of rotatable bonds is 30. The fourth-order valence-electron chi connectivity index (χ4n) is 27.3. The fraction of sp³-hybridized carbons (Fsp3) is 1.00. The molecule has 2 nitrogen and oxygen atoms in total. The maximum Gasteiger partial charge on any atom is 0.0191 e. The molecule has 530 valence electrons. The summed E-state index contributed by atoms with van der Waals surface area (Å²) >= 11 is 9.61. The summed E-state index contributed by atoms with van der Waals surface area (Å²) in [5.74, 6) is 18.0. The summed E-state index contributed by atoms with van der Waals surface area (Å²) in [6.07, 6.45) is 88.4. The molecular formula is C88H154Br2N2. The van der Waals surface area contributed by atoms with E-state index in [0.717, 1.165) is 152 Å². The van der Waals surface area contributed by atoms with E-state index in [1.807, 2.05) is 0 Å². The number of nitrogens with zero attached hydrogens (tertiary/aromatic N) is 2. The molecule has 10 unspecified atom stereocenters. The van der Waals surface area contributed by atoms with Gasteiger partial charge in [-0.15, -0.1) is 0 Å². The summed E-state index contributed by atoms with van der Waals surface area (Å²) in [4.78, 5) is 8.53. The molecule has 0 radical (unpaired) electrons. The lowest BCUT2D eigenvalue weighted by Gasteiger charge is -2.66. The molecule has 0 amide bonds. The standard InChI is InChI=1S/C88H154Br2N2/c1-5-9-13-17-21-63-25-33-67(34-26-63)71-41-49-75(50-42-71)91(76-51-43-72(44-52-76)68-35-27-64(28-36-68)22-18-14-10-6-2)85-61-83(89)79-58-60-82-86(62-84(90)80-57-59-81(85)87(79)88(80)82)92(77-53-45-73(46-54-77)69-37-29-65(30-38-69)23-19-15-11-7-3)78-55-47-74(48-56-78)70-39-31-66(32-40-70)24-20-16-12-8-4/h63-88H,5-62H2,1-4H3. The lowest BCUT2D eigenvalue weighted by atomic mass is 9.46. The summed E-state index contributed by atoms with van der Waals surface area (Å²) in [5, 5.41) is 0. The number of halogens is 2. The Morgan fingerprint density at radius 1 is 0.228 bits per heavy atom. The molecule has 0 saturated heterocycles. The second-order valence-corrected chi connectivity index (χ2v) is 39.6. The van der Waals surface area contributed by atoms with Crippen molar-refractivity contribution in [1.82, 2.24) is 9.80 Å². The molecule has 0 N–H and O–H groups in total. The molecule has 0 aromatic heterocycles. The molecule has 0 bridgehead atoms. The summed E-state index contributed by atoms with van der Waals surface area (Å²) in [7, 11) is 0. The van der Waals surface area contributed by atoms with Crippen LogP contribution in [0.1, 0.15) is 400 Å².